The Hall–Kier alpha value is -3.76. The Bertz CT molecular complexity index is 1360. The third kappa shape index (κ3) is 7.61. The monoisotopic (exact) mass is 596 g/mol. The molecule has 2 aliphatic rings. The first-order chi connectivity index (χ1) is 20.3. The first-order valence-corrected chi connectivity index (χ1v) is 14.6. The number of aliphatic hydroxyl groups is 1. The van der Waals surface area contributed by atoms with E-state index in [0.29, 0.717) is 12.0 Å². The molecule has 10 nitrogen and oxygen atoms in total. The zero-order valence-corrected chi connectivity index (χ0v) is 25.5. The molecule has 5 atom stereocenters. The Morgan fingerprint density at radius 2 is 1.44 bits per heavy atom. The normalized spacial score (nSPS) is 25.0. The second-order valence-electron chi connectivity index (χ2n) is 11.3. The Morgan fingerprint density at radius 1 is 0.860 bits per heavy atom. The van der Waals surface area contributed by atoms with Crippen molar-refractivity contribution in [3.8, 4) is 0 Å². The van der Waals surface area contributed by atoms with Crippen molar-refractivity contribution in [3.63, 3.8) is 0 Å². The summed E-state index contributed by atoms with van der Waals surface area (Å²) in [6.07, 6.45) is -2.48. The first-order valence-electron chi connectivity index (χ1n) is 14.6. The first kappa shape index (κ1) is 32.2. The van der Waals surface area contributed by atoms with Crippen LogP contribution < -0.4 is 0 Å². The molecule has 0 spiro atoms. The predicted molar refractivity (Wildman–Crippen MR) is 154 cm³/mol. The molecule has 1 aliphatic heterocycles. The van der Waals surface area contributed by atoms with E-state index in [0.717, 1.165) is 62.3 Å². The van der Waals surface area contributed by atoms with E-state index in [1.54, 1.807) is 0 Å². The molecule has 1 N–H and O–H groups in total. The van der Waals surface area contributed by atoms with Crippen LogP contribution in [0.4, 0.5) is 0 Å². The van der Waals surface area contributed by atoms with Crippen molar-refractivity contribution in [2.45, 2.75) is 103 Å². The number of ether oxygens (including phenoxy) is 5. The van der Waals surface area contributed by atoms with Gasteiger partial charge in [0.15, 0.2) is 12.2 Å². The van der Waals surface area contributed by atoms with Gasteiger partial charge in [-0.2, -0.15) is 0 Å². The van der Waals surface area contributed by atoms with E-state index in [-0.39, 0.29) is 5.92 Å². The van der Waals surface area contributed by atoms with Crippen molar-refractivity contribution in [1.82, 2.24) is 0 Å². The quantitative estimate of drug-likeness (QED) is 0.318. The van der Waals surface area contributed by atoms with Gasteiger partial charge >= 0.3 is 23.9 Å². The third-order valence-corrected chi connectivity index (χ3v) is 7.79. The number of esters is 4. The second-order valence-corrected chi connectivity index (χ2v) is 11.3. The molecule has 2 aromatic rings. The van der Waals surface area contributed by atoms with E-state index in [1.165, 1.54) is 12.5 Å². The van der Waals surface area contributed by atoms with Crippen LogP contribution in [0.3, 0.4) is 0 Å². The number of carbonyl (C=O) groups excluding carboxylic acids is 4. The van der Waals surface area contributed by atoms with Crippen molar-refractivity contribution < 1.29 is 48.0 Å². The van der Waals surface area contributed by atoms with E-state index in [1.807, 2.05) is 19.1 Å². The number of aryl methyl sites for hydroxylation is 2. The van der Waals surface area contributed by atoms with Crippen molar-refractivity contribution >= 4 is 23.9 Å². The smallest absolute Gasteiger partial charge is 0.303 e. The molecule has 1 unspecified atom stereocenters. The standard InChI is InChI=1S/C33H40O10/c1-7-23-8-10-24(11-9-23)15-26-16-28(27(14-18(26)2)25-12-13-25)33(38)32(42-22(6)37)31(41-21(5)36)30(40-20(4)35)29(43-33)17-39-19(3)34/h8-11,14,16,25,29-32,38H,7,12-13,15,17H2,1-6H3/t29-,30-,31+,32-,33?/m1/s1. The van der Waals surface area contributed by atoms with E-state index < -0.39 is 60.7 Å². The minimum absolute atomic E-state index is 0.127. The summed E-state index contributed by atoms with van der Waals surface area (Å²) in [7, 11) is 0. The van der Waals surface area contributed by atoms with Gasteiger partial charge in [0.1, 0.15) is 12.7 Å². The van der Waals surface area contributed by atoms with Gasteiger partial charge in [0.05, 0.1) is 0 Å². The topological polar surface area (TPSA) is 135 Å². The third-order valence-electron chi connectivity index (χ3n) is 7.79. The van der Waals surface area contributed by atoms with Gasteiger partial charge in [-0.3, -0.25) is 19.2 Å². The van der Waals surface area contributed by atoms with Crippen LogP contribution in [0.2, 0.25) is 0 Å². The van der Waals surface area contributed by atoms with Crippen LogP contribution in [-0.2, 0) is 61.5 Å². The fourth-order valence-electron chi connectivity index (χ4n) is 5.62. The lowest BCUT2D eigenvalue weighted by Gasteiger charge is -2.49. The SMILES string of the molecule is CCc1ccc(Cc2cc(C3(O)O[C@H](COC(C)=O)[C@@H](OC(C)=O)[C@H](OC(C)=O)[C@H]3OC(C)=O)c(C3CC3)cc2C)cc1. The largest absolute Gasteiger partial charge is 0.463 e. The molecular weight excluding hydrogens is 556 g/mol. The lowest BCUT2D eigenvalue weighted by atomic mass is 9.82. The molecule has 10 heteroatoms. The highest BCUT2D eigenvalue weighted by Crippen LogP contribution is 2.49. The summed E-state index contributed by atoms with van der Waals surface area (Å²) >= 11 is 0. The summed E-state index contributed by atoms with van der Waals surface area (Å²) in [5.74, 6) is -5.15. The van der Waals surface area contributed by atoms with Crippen LogP contribution in [-0.4, -0.2) is 60.0 Å². The summed E-state index contributed by atoms with van der Waals surface area (Å²) < 4.78 is 28.2. The minimum Gasteiger partial charge on any atom is -0.463 e. The summed E-state index contributed by atoms with van der Waals surface area (Å²) in [5, 5.41) is 12.6. The number of rotatable bonds is 10. The van der Waals surface area contributed by atoms with E-state index in [2.05, 4.69) is 31.2 Å². The highest BCUT2D eigenvalue weighted by atomic mass is 16.7. The highest BCUT2D eigenvalue weighted by Gasteiger charge is 2.61. The van der Waals surface area contributed by atoms with E-state index in [9.17, 15) is 24.3 Å². The number of benzene rings is 2. The number of hydrogen-bond acceptors (Lipinski definition) is 10. The van der Waals surface area contributed by atoms with Crippen LogP contribution in [0.5, 0.6) is 0 Å². The molecule has 1 aliphatic carbocycles. The van der Waals surface area contributed by atoms with Gasteiger partial charge in [-0.15, -0.1) is 0 Å². The van der Waals surface area contributed by atoms with Crippen LogP contribution >= 0.6 is 0 Å². The average molecular weight is 597 g/mol. The van der Waals surface area contributed by atoms with Gasteiger partial charge in [0, 0.05) is 33.3 Å². The van der Waals surface area contributed by atoms with Crippen molar-refractivity contribution in [2.75, 3.05) is 6.61 Å². The van der Waals surface area contributed by atoms with Crippen molar-refractivity contribution in [1.29, 1.82) is 0 Å². The van der Waals surface area contributed by atoms with Crippen molar-refractivity contribution in [3.05, 3.63) is 69.8 Å². The maximum absolute atomic E-state index is 12.6. The van der Waals surface area contributed by atoms with Gasteiger partial charge in [0.25, 0.3) is 0 Å². The lowest BCUT2D eigenvalue weighted by Crippen LogP contribution is -2.66. The minimum atomic E-state index is -2.36. The van der Waals surface area contributed by atoms with Gasteiger partial charge in [-0.25, -0.2) is 0 Å². The molecule has 0 aromatic heterocycles. The van der Waals surface area contributed by atoms with E-state index in [4.69, 9.17) is 23.7 Å². The fraction of sp³-hybridized carbons (Fsp3) is 0.515. The molecule has 2 fully saturated rings. The molecule has 1 saturated heterocycles. The fourth-order valence-corrected chi connectivity index (χ4v) is 5.62. The summed E-state index contributed by atoms with van der Waals surface area (Å²) in [4.78, 5) is 48.6. The molecule has 2 aromatic carbocycles. The molecule has 0 bridgehead atoms. The maximum atomic E-state index is 12.6. The van der Waals surface area contributed by atoms with Gasteiger partial charge in [-0.1, -0.05) is 37.3 Å². The van der Waals surface area contributed by atoms with Crippen LogP contribution in [0, 0.1) is 6.92 Å². The number of carbonyl (C=O) groups is 4. The summed E-state index contributed by atoms with van der Waals surface area (Å²) in [6, 6.07) is 12.1. The average Bonchev–Trinajstić information content (AvgIpc) is 3.77. The van der Waals surface area contributed by atoms with Gasteiger partial charge in [-0.05, 0) is 72.4 Å². The Morgan fingerprint density at radius 3 is 1.98 bits per heavy atom. The van der Waals surface area contributed by atoms with E-state index >= 15 is 0 Å². The molecule has 43 heavy (non-hydrogen) atoms. The highest BCUT2D eigenvalue weighted by molar-refractivity contribution is 5.69. The lowest BCUT2D eigenvalue weighted by molar-refractivity contribution is -0.360. The molecular formula is C33H40O10. The Labute approximate surface area is 251 Å². The molecule has 4 rings (SSSR count). The van der Waals surface area contributed by atoms with Crippen LogP contribution in [0.1, 0.15) is 86.8 Å². The second kappa shape index (κ2) is 13.3. The maximum Gasteiger partial charge on any atom is 0.303 e. The zero-order chi connectivity index (χ0) is 31.5. The Kier molecular flexibility index (Phi) is 9.92. The Balaban J connectivity index is 1.88. The molecule has 0 amide bonds. The zero-order valence-electron chi connectivity index (χ0n) is 25.5. The van der Waals surface area contributed by atoms with Crippen LogP contribution in [0.15, 0.2) is 36.4 Å². The van der Waals surface area contributed by atoms with Crippen LogP contribution in [0.25, 0.3) is 0 Å². The van der Waals surface area contributed by atoms with Gasteiger partial charge in [0.2, 0.25) is 11.9 Å². The van der Waals surface area contributed by atoms with Gasteiger partial charge < -0.3 is 28.8 Å². The molecule has 0 radical (unpaired) electrons. The molecule has 1 saturated carbocycles. The predicted octanol–water partition coefficient (Wildman–Crippen LogP) is 3.93. The number of hydrogen-bond donors (Lipinski definition) is 1. The molecule has 1 heterocycles. The van der Waals surface area contributed by atoms with Crippen molar-refractivity contribution in [2.24, 2.45) is 0 Å². The summed E-state index contributed by atoms with van der Waals surface area (Å²) in [6.45, 7) is 8.32. The summed E-state index contributed by atoms with van der Waals surface area (Å²) in [5.41, 5.74) is 5.36. The molecule has 232 valence electrons.